The smallest absolute Gasteiger partial charge is 0.223 e. The molecule has 2 aliphatic rings. The first-order valence-corrected chi connectivity index (χ1v) is 7.69. The summed E-state index contributed by atoms with van der Waals surface area (Å²) in [7, 11) is 0. The van der Waals surface area contributed by atoms with Gasteiger partial charge in [-0.05, 0) is 45.7 Å². The largest absolute Gasteiger partial charge is 0.355 e. The predicted octanol–water partition coefficient (Wildman–Crippen LogP) is 1.59. The molecule has 2 atom stereocenters. The Hall–Kier alpha value is -0.900. The Labute approximate surface area is 115 Å². The topological polar surface area (TPSA) is 49.4 Å². The van der Waals surface area contributed by atoms with Gasteiger partial charge in [0.2, 0.25) is 5.91 Å². The van der Waals surface area contributed by atoms with Crippen molar-refractivity contribution in [2.45, 2.75) is 45.4 Å². The van der Waals surface area contributed by atoms with E-state index in [2.05, 4.69) is 10.2 Å². The number of ketones is 1. The zero-order valence-corrected chi connectivity index (χ0v) is 12.0. The number of nitrogens with one attached hydrogen (secondary N) is 1. The number of amides is 1. The molecule has 0 radical (unpaired) electrons. The monoisotopic (exact) mass is 266 g/mol. The summed E-state index contributed by atoms with van der Waals surface area (Å²) >= 11 is 0. The fourth-order valence-electron chi connectivity index (χ4n) is 3.41. The lowest BCUT2D eigenvalue weighted by Gasteiger charge is -2.29. The molecule has 4 nitrogen and oxygen atoms in total. The van der Waals surface area contributed by atoms with E-state index in [9.17, 15) is 9.59 Å². The van der Waals surface area contributed by atoms with Crippen molar-refractivity contribution in [3.05, 3.63) is 0 Å². The van der Waals surface area contributed by atoms with Crippen molar-refractivity contribution in [2.75, 3.05) is 26.2 Å². The molecule has 1 N–H and O–H groups in total. The number of hydrogen-bond donors (Lipinski definition) is 1. The quantitative estimate of drug-likeness (QED) is 0.822. The SMILES string of the molecule is CC(=O)C1CCCCC1C(=O)NCCN1CCCC1. The Balaban J connectivity index is 1.75. The van der Waals surface area contributed by atoms with Crippen molar-refractivity contribution >= 4 is 11.7 Å². The zero-order valence-electron chi connectivity index (χ0n) is 12.0. The van der Waals surface area contributed by atoms with Crippen LogP contribution < -0.4 is 5.32 Å². The number of likely N-dealkylation sites (tertiary alicyclic amines) is 1. The average Bonchev–Trinajstić information content (AvgIpc) is 2.91. The molecule has 2 fully saturated rings. The van der Waals surface area contributed by atoms with Gasteiger partial charge in [0.1, 0.15) is 5.78 Å². The second kappa shape index (κ2) is 7.04. The van der Waals surface area contributed by atoms with Gasteiger partial charge in [-0.2, -0.15) is 0 Å². The molecule has 0 aromatic heterocycles. The normalized spacial score (nSPS) is 28.3. The molecular weight excluding hydrogens is 240 g/mol. The molecule has 108 valence electrons. The molecule has 1 saturated carbocycles. The molecule has 1 aliphatic heterocycles. The van der Waals surface area contributed by atoms with Gasteiger partial charge in [0.05, 0.1) is 0 Å². The number of Topliss-reactive ketones (excluding diaryl/α,β-unsaturated/α-hetero) is 1. The third-order valence-electron chi connectivity index (χ3n) is 4.55. The number of carbonyl (C=O) groups excluding carboxylic acids is 2. The Morgan fingerprint density at radius 2 is 1.68 bits per heavy atom. The van der Waals surface area contributed by atoms with E-state index in [1.54, 1.807) is 6.92 Å². The minimum Gasteiger partial charge on any atom is -0.355 e. The van der Waals surface area contributed by atoms with Crippen LogP contribution in [0.1, 0.15) is 45.4 Å². The number of hydrogen-bond acceptors (Lipinski definition) is 3. The van der Waals surface area contributed by atoms with Crippen LogP contribution in [0, 0.1) is 11.8 Å². The highest BCUT2D eigenvalue weighted by Crippen LogP contribution is 2.30. The van der Waals surface area contributed by atoms with Gasteiger partial charge < -0.3 is 10.2 Å². The third-order valence-corrected chi connectivity index (χ3v) is 4.55. The molecule has 1 heterocycles. The molecule has 0 aromatic rings. The first-order valence-electron chi connectivity index (χ1n) is 7.69. The first-order chi connectivity index (χ1) is 9.18. The molecule has 19 heavy (non-hydrogen) atoms. The fourth-order valence-corrected chi connectivity index (χ4v) is 3.41. The van der Waals surface area contributed by atoms with Crippen LogP contribution in [0.25, 0.3) is 0 Å². The van der Waals surface area contributed by atoms with E-state index in [0.717, 1.165) is 51.9 Å². The van der Waals surface area contributed by atoms with E-state index in [-0.39, 0.29) is 23.5 Å². The summed E-state index contributed by atoms with van der Waals surface area (Å²) < 4.78 is 0. The minimum atomic E-state index is -0.0789. The van der Waals surface area contributed by atoms with Gasteiger partial charge in [-0.25, -0.2) is 0 Å². The lowest BCUT2D eigenvalue weighted by molar-refractivity contribution is -0.134. The molecule has 2 unspecified atom stereocenters. The van der Waals surface area contributed by atoms with Crippen molar-refractivity contribution in [2.24, 2.45) is 11.8 Å². The summed E-state index contributed by atoms with van der Waals surface area (Å²) in [5, 5.41) is 3.03. The number of carbonyl (C=O) groups is 2. The molecule has 4 heteroatoms. The Kier molecular flexibility index (Phi) is 5.37. The van der Waals surface area contributed by atoms with Gasteiger partial charge in [-0.15, -0.1) is 0 Å². The van der Waals surface area contributed by atoms with Gasteiger partial charge in [0.15, 0.2) is 0 Å². The average molecular weight is 266 g/mol. The van der Waals surface area contributed by atoms with Crippen LogP contribution in [0.4, 0.5) is 0 Å². The lowest BCUT2D eigenvalue weighted by Crippen LogP contribution is -2.41. The third kappa shape index (κ3) is 4.03. The second-order valence-corrected chi connectivity index (χ2v) is 5.95. The molecule has 1 saturated heterocycles. The van der Waals surface area contributed by atoms with E-state index in [1.165, 1.54) is 12.8 Å². The Morgan fingerprint density at radius 1 is 1.05 bits per heavy atom. The highest BCUT2D eigenvalue weighted by molar-refractivity contribution is 5.87. The van der Waals surface area contributed by atoms with Crippen molar-refractivity contribution in [1.29, 1.82) is 0 Å². The molecule has 0 aromatic carbocycles. The highest BCUT2D eigenvalue weighted by Gasteiger charge is 2.33. The summed E-state index contributed by atoms with van der Waals surface area (Å²) in [6.07, 6.45) is 6.49. The summed E-state index contributed by atoms with van der Waals surface area (Å²) in [6, 6.07) is 0. The van der Waals surface area contributed by atoms with Crippen LogP contribution in [0.15, 0.2) is 0 Å². The van der Waals surface area contributed by atoms with Gasteiger partial charge >= 0.3 is 0 Å². The molecule has 2 rings (SSSR count). The van der Waals surface area contributed by atoms with Crippen LogP contribution in [0.3, 0.4) is 0 Å². The van der Waals surface area contributed by atoms with Crippen LogP contribution >= 0.6 is 0 Å². The van der Waals surface area contributed by atoms with Crippen LogP contribution in [0.2, 0.25) is 0 Å². The summed E-state index contributed by atoms with van der Waals surface area (Å²) in [6.45, 7) is 5.62. The van der Waals surface area contributed by atoms with E-state index in [0.29, 0.717) is 0 Å². The standard InChI is InChI=1S/C15H26N2O2/c1-12(18)13-6-2-3-7-14(13)15(19)16-8-11-17-9-4-5-10-17/h13-14H,2-11H2,1H3,(H,16,19). The highest BCUT2D eigenvalue weighted by atomic mass is 16.2. The minimum absolute atomic E-state index is 0.0412. The molecule has 1 amide bonds. The molecule has 0 spiro atoms. The first kappa shape index (κ1) is 14.5. The maximum atomic E-state index is 12.2. The Bertz CT molecular complexity index is 324. The Morgan fingerprint density at radius 3 is 2.32 bits per heavy atom. The van der Waals surface area contributed by atoms with Gasteiger partial charge in [0, 0.05) is 24.9 Å². The molecular formula is C15H26N2O2. The fraction of sp³-hybridized carbons (Fsp3) is 0.867. The molecule has 1 aliphatic carbocycles. The van der Waals surface area contributed by atoms with Crippen molar-refractivity contribution < 1.29 is 9.59 Å². The van der Waals surface area contributed by atoms with Gasteiger partial charge in [0.25, 0.3) is 0 Å². The zero-order chi connectivity index (χ0) is 13.7. The molecule has 0 bridgehead atoms. The van der Waals surface area contributed by atoms with Crippen LogP contribution in [0.5, 0.6) is 0 Å². The summed E-state index contributed by atoms with van der Waals surface area (Å²) in [5.41, 5.74) is 0. The van der Waals surface area contributed by atoms with Crippen LogP contribution in [-0.4, -0.2) is 42.8 Å². The second-order valence-electron chi connectivity index (χ2n) is 5.95. The van der Waals surface area contributed by atoms with Gasteiger partial charge in [-0.1, -0.05) is 12.8 Å². The van der Waals surface area contributed by atoms with E-state index in [1.807, 2.05) is 0 Å². The van der Waals surface area contributed by atoms with Gasteiger partial charge in [-0.3, -0.25) is 9.59 Å². The van der Waals surface area contributed by atoms with E-state index < -0.39 is 0 Å². The number of rotatable bonds is 5. The van der Waals surface area contributed by atoms with E-state index in [4.69, 9.17) is 0 Å². The van der Waals surface area contributed by atoms with E-state index >= 15 is 0 Å². The summed E-state index contributed by atoms with van der Waals surface area (Å²) in [4.78, 5) is 26.2. The maximum absolute atomic E-state index is 12.2. The van der Waals surface area contributed by atoms with Crippen molar-refractivity contribution in [1.82, 2.24) is 10.2 Å². The van der Waals surface area contributed by atoms with Crippen molar-refractivity contribution in [3.63, 3.8) is 0 Å². The lowest BCUT2D eigenvalue weighted by atomic mass is 9.77. The maximum Gasteiger partial charge on any atom is 0.223 e. The summed E-state index contributed by atoms with van der Waals surface area (Å²) in [5.74, 6) is 0.156. The number of nitrogens with zero attached hydrogens (tertiary/aromatic N) is 1. The van der Waals surface area contributed by atoms with Crippen LogP contribution in [-0.2, 0) is 9.59 Å². The van der Waals surface area contributed by atoms with Crippen molar-refractivity contribution in [3.8, 4) is 0 Å². The predicted molar refractivity (Wildman–Crippen MR) is 74.8 cm³/mol.